The summed E-state index contributed by atoms with van der Waals surface area (Å²) < 4.78 is 10.6. The number of ether oxygens (including phenoxy) is 2. The van der Waals surface area contributed by atoms with E-state index in [1.54, 1.807) is 0 Å². The van der Waals surface area contributed by atoms with Crippen LogP contribution >= 0.6 is 0 Å². The van der Waals surface area contributed by atoms with Crippen molar-refractivity contribution in [1.82, 2.24) is 4.98 Å². The lowest BCUT2D eigenvalue weighted by Gasteiger charge is -2.09. The summed E-state index contributed by atoms with van der Waals surface area (Å²) in [5.74, 6) is -0.237. The van der Waals surface area contributed by atoms with Crippen LogP contribution in [0, 0.1) is 5.92 Å². The van der Waals surface area contributed by atoms with E-state index in [2.05, 4.69) is 4.98 Å². The van der Waals surface area contributed by atoms with Crippen molar-refractivity contribution < 1.29 is 19.4 Å². The van der Waals surface area contributed by atoms with Crippen LogP contribution in [-0.2, 0) is 4.74 Å². The third-order valence-corrected chi connectivity index (χ3v) is 2.47. The topological polar surface area (TPSA) is 68.7 Å². The summed E-state index contributed by atoms with van der Waals surface area (Å²) in [6.07, 6.45) is 2.42. The van der Waals surface area contributed by atoms with Gasteiger partial charge in [-0.1, -0.05) is 0 Å². The second kappa shape index (κ2) is 4.94. The number of carboxylic acids is 1. The molecule has 0 aromatic carbocycles. The van der Waals surface area contributed by atoms with Gasteiger partial charge in [0, 0.05) is 24.8 Å². The predicted molar refractivity (Wildman–Crippen MR) is 55.6 cm³/mol. The number of nitrogens with zero attached hydrogens (tertiary/aromatic N) is 1. The normalized spacial score (nSPS) is 19.6. The molecule has 0 amide bonds. The molecule has 2 rings (SSSR count). The second-order valence-electron chi connectivity index (χ2n) is 3.73. The van der Waals surface area contributed by atoms with Crippen LogP contribution in [0.15, 0.2) is 18.3 Å². The van der Waals surface area contributed by atoms with Gasteiger partial charge in [-0.2, -0.15) is 0 Å². The van der Waals surface area contributed by atoms with Gasteiger partial charge >= 0.3 is 5.97 Å². The first-order valence-corrected chi connectivity index (χ1v) is 5.15. The molecule has 1 N–H and O–H groups in total. The second-order valence-corrected chi connectivity index (χ2v) is 3.73. The fourth-order valence-corrected chi connectivity index (χ4v) is 1.54. The van der Waals surface area contributed by atoms with Gasteiger partial charge in [-0.15, -0.1) is 0 Å². The van der Waals surface area contributed by atoms with Crippen molar-refractivity contribution in [1.29, 1.82) is 0 Å². The lowest BCUT2D eigenvalue weighted by molar-refractivity contribution is 0.0696. The monoisotopic (exact) mass is 223 g/mol. The van der Waals surface area contributed by atoms with Crippen LogP contribution in [0.1, 0.15) is 16.8 Å². The number of rotatable bonds is 4. The molecule has 1 saturated heterocycles. The number of hydrogen-bond acceptors (Lipinski definition) is 4. The molecule has 0 radical (unpaired) electrons. The largest absolute Gasteiger partial charge is 0.478 e. The van der Waals surface area contributed by atoms with Gasteiger partial charge in [-0.25, -0.2) is 9.78 Å². The summed E-state index contributed by atoms with van der Waals surface area (Å²) in [7, 11) is 0. The van der Waals surface area contributed by atoms with Crippen LogP contribution in [-0.4, -0.2) is 35.9 Å². The molecule has 0 unspecified atom stereocenters. The standard InChI is InChI=1S/C11H13NO4/c13-11(14)9-1-3-12-10(5-9)16-7-8-2-4-15-6-8/h1,3,5,8H,2,4,6-7H2,(H,13,14)/t8-/m1/s1. The third-order valence-electron chi connectivity index (χ3n) is 2.47. The Bertz CT molecular complexity index is 374. The summed E-state index contributed by atoms with van der Waals surface area (Å²) >= 11 is 0. The van der Waals surface area contributed by atoms with E-state index in [1.165, 1.54) is 18.3 Å². The summed E-state index contributed by atoms with van der Waals surface area (Å²) in [6, 6.07) is 2.87. The molecule has 1 aromatic rings. The Morgan fingerprint density at radius 2 is 2.56 bits per heavy atom. The van der Waals surface area contributed by atoms with Crippen LogP contribution in [0.3, 0.4) is 0 Å². The molecule has 1 aliphatic heterocycles. The van der Waals surface area contributed by atoms with Crippen molar-refractivity contribution in [2.24, 2.45) is 5.92 Å². The molecule has 2 heterocycles. The van der Waals surface area contributed by atoms with Crippen LogP contribution in [0.2, 0.25) is 0 Å². The molecular weight excluding hydrogens is 210 g/mol. The molecule has 1 fully saturated rings. The molecule has 16 heavy (non-hydrogen) atoms. The van der Waals surface area contributed by atoms with E-state index in [0.29, 0.717) is 25.0 Å². The number of hydrogen-bond donors (Lipinski definition) is 1. The Hall–Kier alpha value is -1.62. The van der Waals surface area contributed by atoms with Crippen molar-refractivity contribution in [3.63, 3.8) is 0 Å². The van der Waals surface area contributed by atoms with Gasteiger partial charge in [-0.3, -0.25) is 0 Å². The van der Waals surface area contributed by atoms with E-state index in [9.17, 15) is 4.79 Å². The molecule has 1 aromatic heterocycles. The number of pyridine rings is 1. The minimum Gasteiger partial charge on any atom is -0.478 e. The molecule has 1 atom stereocenters. The highest BCUT2D eigenvalue weighted by atomic mass is 16.5. The van der Waals surface area contributed by atoms with Gasteiger partial charge in [-0.05, 0) is 12.5 Å². The molecule has 86 valence electrons. The zero-order valence-corrected chi connectivity index (χ0v) is 8.76. The fourth-order valence-electron chi connectivity index (χ4n) is 1.54. The molecule has 0 aliphatic carbocycles. The highest BCUT2D eigenvalue weighted by molar-refractivity contribution is 5.87. The van der Waals surface area contributed by atoms with Crippen molar-refractivity contribution in [3.05, 3.63) is 23.9 Å². The van der Waals surface area contributed by atoms with Gasteiger partial charge in [0.15, 0.2) is 0 Å². The molecule has 0 spiro atoms. The lowest BCUT2D eigenvalue weighted by Crippen LogP contribution is -2.12. The van der Waals surface area contributed by atoms with Gasteiger partial charge < -0.3 is 14.6 Å². The van der Waals surface area contributed by atoms with Crippen molar-refractivity contribution in [2.45, 2.75) is 6.42 Å². The van der Waals surface area contributed by atoms with E-state index in [-0.39, 0.29) is 5.56 Å². The summed E-state index contributed by atoms with van der Waals surface area (Å²) in [6.45, 7) is 2.01. The highest BCUT2D eigenvalue weighted by Gasteiger charge is 2.16. The minimum atomic E-state index is -0.976. The number of carboxylic acid groups (broad SMARTS) is 1. The quantitative estimate of drug-likeness (QED) is 0.830. The van der Waals surface area contributed by atoms with E-state index in [1.807, 2.05) is 0 Å². The molecule has 1 aliphatic rings. The first-order chi connectivity index (χ1) is 7.75. The van der Waals surface area contributed by atoms with E-state index >= 15 is 0 Å². The van der Waals surface area contributed by atoms with E-state index in [4.69, 9.17) is 14.6 Å². The Labute approximate surface area is 93.0 Å². The fraction of sp³-hybridized carbons (Fsp3) is 0.455. The van der Waals surface area contributed by atoms with Crippen molar-refractivity contribution in [2.75, 3.05) is 19.8 Å². The molecule has 5 heteroatoms. The minimum absolute atomic E-state index is 0.188. The highest BCUT2D eigenvalue weighted by Crippen LogP contribution is 2.15. The first-order valence-electron chi connectivity index (χ1n) is 5.15. The SMILES string of the molecule is O=C(O)c1ccnc(OC[C@@H]2CCOC2)c1. The van der Waals surface area contributed by atoms with Crippen molar-refractivity contribution >= 4 is 5.97 Å². The average Bonchev–Trinajstić information content (AvgIpc) is 2.79. The molecular formula is C11H13NO4. The Morgan fingerprint density at radius 1 is 1.69 bits per heavy atom. The van der Waals surface area contributed by atoms with E-state index < -0.39 is 5.97 Å². The number of carbonyl (C=O) groups is 1. The van der Waals surface area contributed by atoms with Crippen LogP contribution in [0.4, 0.5) is 0 Å². The number of aromatic carboxylic acids is 1. The maximum atomic E-state index is 10.7. The van der Waals surface area contributed by atoms with Gasteiger partial charge in [0.25, 0.3) is 0 Å². The molecule has 5 nitrogen and oxygen atoms in total. The maximum Gasteiger partial charge on any atom is 0.335 e. The Morgan fingerprint density at radius 3 is 3.25 bits per heavy atom. The lowest BCUT2D eigenvalue weighted by atomic mass is 10.1. The molecule has 0 saturated carbocycles. The van der Waals surface area contributed by atoms with Crippen LogP contribution in [0.25, 0.3) is 0 Å². The zero-order valence-electron chi connectivity index (χ0n) is 8.76. The third kappa shape index (κ3) is 2.70. The Kier molecular flexibility index (Phi) is 3.36. The van der Waals surface area contributed by atoms with Gasteiger partial charge in [0.1, 0.15) is 0 Å². The Balaban J connectivity index is 1.93. The van der Waals surface area contributed by atoms with Crippen molar-refractivity contribution in [3.8, 4) is 5.88 Å². The number of aromatic nitrogens is 1. The van der Waals surface area contributed by atoms with Gasteiger partial charge in [0.05, 0.1) is 18.8 Å². The average molecular weight is 223 g/mol. The predicted octanol–water partition coefficient (Wildman–Crippen LogP) is 1.20. The smallest absolute Gasteiger partial charge is 0.335 e. The first kappa shape index (κ1) is 10.9. The van der Waals surface area contributed by atoms with Crippen LogP contribution < -0.4 is 4.74 Å². The zero-order chi connectivity index (χ0) is 11.4. The molecule has 0 bridgehead atoms. The maximum absolute atomic E-state index is 10.7. The summed E-state index contributed by atoms with van der Waals surface area (Å²) in [5, 5.41) is 8.79. The summed E-state index contributed by atoms with van der Waals surface area (Å²) in [5.41, 5.74) is 0.188. The van der Waals surface area contributed by atoms with E-state index in [0.717, 1.165) is 13.0 Å². The summed E-state index contributed by atoms with van der Waals surface area (Å²) in [4.78, 5) is 14.7. The van der Waals surface area contributed by atoms with Crippen LogP contribution in [0.5, 0.6) is 5.88 Å². The van der Waals surface area contributed by atoms with Gasteiger partial charge in [0.2, 0.25) is 5.88 Å².